The molecule has 2 aromatic rings. The first-order chi connectivity index (χ1) is 8.15. The van der Waals surface area contributed by atoms with E-state index in [4.69, 9.17) is 11.6 Å². The minimum atomic E-state index is -0.266. The molecule has 2 rings (SSSR count). The number of aromatic nitrogens is 1. The van der Waals surface area contributed by atoms with Crippen molar-refractivity contribution < 1.29 is 4.79 Å². The second-order valence-corrected chi connectivity index (χ2v) is 4.06. The van der Waals surface area contributed by atoms with E-state index in [9.17, 15) is 4.79 Å². The summed E-state index contributed by atoms with van der Waals surface area (Å²) < 4.78 is 0. The quantitative estimate of drug-likeness (QED) is 0.826. The van der Waals surface area contributed by atoms with Gasteiger partial charge in [-0.15, -0.1) is 0 Å². The summed E-state index contributed by atoms with van der Waals surface area (Å²) in [4.78, 5) is 15.8. The zero-order valence-corrected chi connectivity index (χ0v) is 10.0. The van der Waals surface area contributed by atoms with Crippen molar-refractivity contribution in [2.45, 2.75) is 6.92 Å². The van der Waals surface area contributed by atoms with Crippen LogP contribution in [0.25, 0.3) is 0 Å². The number of hydrogen-bond donors (Lipinski definition) is 1. The maximum Gasteiger partial charge on any atom is 0.274 e. The molecular formula is C13H11ClN2O. The number of amides is 1. The Kier molecular flexibility index (Phi) is 3.40. The lowest BCUT2D eigenvalue weighted by atomic mass is 10.2. The van der Waals surface area contributed by atoms with Crippen LogP contribution in [0.3, 0.4) is 0 Å². The molecule has 0 aliphatic carbocycles. The van der Waals surface area contributed by atoms with Gasteiger partial charge in [0.15, 0.2) is 0 Å². The van der Waals surface area contributed by atoms with Gasteiger partial charge in [0.25, 0.3) is 5.91 Å². The molecule has 0 spiro atoms. The number of aryl methyl sites for hydroxylation is 1. The Hall–Kier alpha value is -1.87. The number of carbonyl (C=O) groups excluding carboxylic acids is 1. The van der Waals surface area contributed by atoms with Crippen LogP contribution in [0.5, 0.6) is 0 Å². The van der Waals surface area contributed by atoms with Crippen LogP contribution in [0.15, 0.2) is 42.5 Å². The summed E-state index contributed by atoms with van der Waals surface area (Å²) in [6.07, 6.45) is 0. The summed E-state index contributed by atoms with van der Waals surface area (Å²) in [5.74, 6) is -0.266. The van der Waals surface area contributed by atoms with Crippen molar-refractivity contribution in [2.24, 2.45) is 0 Å². The Morgan fingerprint density at radius 2 is 2.00 bits per heavy atom. The van der Waals surface area contributed by atoms with E-state index in [1.807, 2.05) is 31.2 Å². The van der Waals surface area contributed by atoms with E-state index in [1.165, 1.54) is 0 Å². The summed E-state index contributed by atoms with van der Waals surface area (Å²) in [5, 5.41) is 3.07. The molecule has 0 saturated carbocycles. The third-order valence-electron chi connectivity index (χ3n) is 2.22. The number of hydrogen-bond acceptors (Lipinski definition) is 2. The van der Waals surface area contributed by atoms with Crippen LogP contribution in [0.1, 0.15) is 16.1 Å². The van der Waals surface area contributed by atoms with Gasteiger partial charge in [0.05, 0.1) is 0 Å². The highest BCUT2D eigenvalue weighted by atomic mass is 35.5. The predicted octanol–water partition coefficient (Wildman–Crippen LogP) is 3.30. The maximum absolute atomic E-state index is 11.8. The van der Waals surface area contributed by atoms with E-state index in [-0.39, 0.29) is 5.91 Å². The van der Waals surface area contributed by atoms with Crippen molar-refractivity contribution in [2.75, 3.05) is 5.32 Å². The third kappa shape index (κ3) is 3.04. The molecule has 0 fully saturated rings. The Morgan fingerprint density at radius 3 is 2.71 bits per heavy atom. The number of carbonyl (C=O) groups is 1. The number of nitrogens with zero attached hydrogens (tertiary/aromatic N) is 1. The number of rotatable bonds is 2. The molecule has 1 aromatic carbocycles. The largest absolute Gasteiger partial charge is 0.321 e. The average Bonchev–Trinajstić information content (AvgIpc) is 2.29. The molecule has 3 nitrogen and oxygen atoms in total. The Morgan fingerprint density at radius 1 is 1.24 bits per heavy atom. The fourth-order valence-electron chi connectivity index (χ4n) is 1.45. The van der Waals surface area contributed by atoms with Gasteiger partial charge in [-0.25, -0.2) is 4.98 Å². The normalized spacial score (nSPS) is 10.0. The van der Waals surface area contributed by atoms with Gasteiger partial charge in [-0.3, -0.25) is 4.79 Å². The first-order valence-electron chi connectivity index (χ1n) is 5.16. The maximum atomic E-state index is 11.8. The van der Waals surface area contributed by atoms with Crippen molar-refractivity contribution in [1.82, 2.24) is 4.98 Å². The standard InChI is InChI=1S/C13H11ClN2O/c1-9-4-2-5-10(8-9)15-13(17)11-6-3-7-12(14)16-11/h2-8H,1H3,(H,15,17). The summed E-state index contributed by atoms with van der Waals surface area (Å²) in [5.41, 5.74) is 2.14. The molecule has 0 bridgehead atoms. The minimum Gasteiger partial charge on any atom is -0.321 e. The molecule has 1 aromatic heterocycles. The van der Waals surface area contributed by atoms with Gasteiger partial charge < -0.3 is 5.32 Å². The van der Waals surface area contributed by atoms with Gasteiger partial charge >= 0.3 is 0 Å². The van der Waals surface area contributed by atoms with Crippen molar-refractivity contribution in [3.8, 4) is 0 Å². The molecule has 0 unspecified atom stereocenters. The van der Waals surface area contributed by atoms with Crippen LogP contribution >= 0.6 is 11.6 Å². The number of anilines is 1. The molecule has 17 heavy (non-hydrogen) atoms. The Labute approximate surface area is 104 Å². The van der Waals surface area contributed by atoms with Crippen molar-refractivity contribution in [3.63, 3.8) is 0 Å². The van der Waals surface area contributed by atoms with Crippen LogP contribution in [0.4, 0.5) is 5.69 Å². The number of pyridine rings is 1. The molecule has 4 heteroatoms. The summed E-state index contributed by atoms with van der Waals surface area (Å²) in [7, 11) is 0. The van der Waals surface area contributed by atoms with Gasteiger partial charge in [0, 0.05) is 5.69 Å². The average molecular weight is 247 g/mol. The van der Waals surface area contributed by atoms with E-state index in [2.05, 4.69) is 10.3 Å². The second-order valence-electron chi connectivity index (χ2n) is 3.67. The first kappa shape index (κ1) is 11.6. The molecule has 0 saturated heterocycles. The molecule has 1 heterocycles. The minimum absolute atomic E-state index is 0.266. The highest BCUT2D eigenvalue weighted by molar-refractivity contribution is 6.29. The summed E-state index contributed by atoms with van der Waals surface area (Å²) in [6, 6.07) is 12.5. The molecule has 86 valence electrons. The fourth-order valence-corrected chi connectivity index (χ4v) is 1.62. The summed E-state index contributed by atoms with van der Waals surface area (Å²) in [6.45, 7) is 1.97. The van der Waals surface area contributed by atoms with Gasteiger partial charge in [0.2, 0.25) is 0 Å². The topological polar surface area (TPSA) is 42.0 Å². The smallest absolute Gasteiger partial charge is 0.274 e. The van der Waals surface area contributed by atoms with Crippen molar-refractivity contribution >= 4 is 23.2 Å². The van der Waals surface area contributed by atoms with Gasteiger partial charge in [0.1, 0.15) is 10.8 Å². The van der Waals surface area contributed by atoms with Crippen LogP contribution in [-0.2, 0) is 0 Å². The highest BCUT2D eigenvalue weighted by Crippen LogP contribution is 2.12. The third-order valence-corrected chi connectivity index (χ3v) is 2.43. The molecule has 1 amide bonds. The number of nitrogens with one attached hydrogen (secondary N) is 1. The van der Waals surface area contributed by atoms with E-state index >= 15 is 0 Å². The lowest BCUT2D eigenvalue weighted by Gasteiger charge is -2.05. The number of halogens is 1. The zero-order valence-electron chi connectivity index (χ0n) is 9.27. The lowest BCUT2D eigenvalue weighted by Crippen LogP contribution is -2.13. The van der Waals surface area contributed by atoms with Crippen LogP contribution in [0.2, 0.25) is 5.15 Å². The molecule has 1 N–H and O–H groups in total. The molecule has 0 atom stereocenters. The highest BCUT2D eigenvalue weighted by Gasteiger charge is 2.07. The molecule has 0 radical (unpaired) electrons. The first-order valence-corrected chi connectivity index (χ1v) is 5.53. The van der Waals surface area contributed by atoms with E-state index in [0.717, 1.165) is 11.3 Å². The van der Waals surface area contributed by atoms with Crippen molar-refractivity contribution in [3.05, 3.63) is 58.9 Å². The monoisotopic (exact) mass is 246 g/mol. The molecule has 0 aliphatic rings. The van der Waals surface area contributed by atoms with Gasteiger partial charge in [-0.05, 0) is 36.8 Å². The van der Waals surface area contributed by atoms with E-state index in [1.54, 1.807) is 18.2 Å². The van der Waals surface area contributed by atoms with Crippen LogP contribution < -0.4 is 5.32 Å². The van der Waals surface area contributed by atoms with Crippen LogP contribution in [-0.4, -0.2) is 10.9 Å². The Balaban J connectivity index is 2.17. The molecular weight excluding hydrogens is 236 g/mol. The van der Waals surface area contributed by atoms with Crippen molar-refractivity contribution in [1.29, 1.82) is 0 Å². The van der Waals surface area contributed by atoms with Gasteiger partial charge in [-0.1, -0.05) is 29.8 Å². The number of benzene rings is 1. The zero-order chi connectivity index (χ0) is 12.3. The van der Waals surface area contributed by atoms with E-state index < -0.39 is 0 Å². The SMILES string of the molecule is Cc1cccc(NC(=O)c2cccc(Cl)n2)c1. The Bertz CT molecular complexity index is 555. The van der Waals surface area contributed by atoms with Crippen LogP contribution in [0, 0.1) is 6.92 Å². The van der Waals surface area contributed by atoms with Gasteiger partial charge in [-0.2, -0.15) is 0 Å². The fraction of sp³-hybridized carbons (Fsp3) is 0.0769. The molecule has 0 aliphatic heterocycles. The summed E-state index contributed by atoms with van der Waals surface area (Å²) >= 11 is 5.73. The van der Waals surface area contributed by atoms with E-state index in [0.29, 0.717) is 10.8 Å². The lowest BCUT2D eigenvalue weighted by molar-refractivity contribution is 0.102. The second kappa shape index (κ2) is 4.97. The predicted molar refractivity (Wildman–Crippen MR) is 68.4 cm³/mol.